The van der Waals surface area contributed by atoms with Crippen LogP contribution in [0.4, 0.5) is 0 Å². The van der Waals surface area contributed by atoms with Crippen LogP contribution in [-0.2, 0) is 20.0 Å². The molecule has 5 aliphatic carbocycles. The lowest BCUT2D eigenvalue weighted by atomic mass is 9.70. The van der Waals surface area contributed by atoms with Crippen LogP contribution in [0.1, 0.15) is 91.9 Å². The molecule has 0 saturated heterocycles. The molecule has 8 nitrogen and oxygen atoms in total. The molecule has 4 N–H and O–H groups in total. The van der Waals surface area contributed by atoms with Crippen molar-refractivity contribution in [3.05, 3.63) is 0 Å². The molecule has 8 atom stereocenters. The molecular formula is C26H46N2O6S2. The van der Waals surface area contributed by atoms with E-state index in [0.29, 0.717) is 50.4 Å². The van der Waals surface area contributed by atoms with Gasteiger partial charge in [-0.05, 0) is 74.0 Å². The predicted molar refractivity (Wildman–Crippen MR) is 139 cm³/mol. The molecule has 10 heteroatoms. The highest BCUT2D eigenvalue weighted by atomic mass is 32.2. The summed E-state index contributed by atoms with van der Waals surface area (Å²) in [7, 11) is -7.49. The lowest BCUT2D eigenvalue weighted by molar-refractivity contribution is 0.0148. The molecule has 5 fully saturated rings. The molecule has 5 saturated carbocycles. The Hall–Kier alpha value is -0.260. The van der Waals surface area contributed by atoms with Gasteiger partial charge in [-0.15, -0.1) is 0 Å². The number of fused-ring (bicyclic) bond motifs is 4. The minimum Gasteiger partial charge on any atom is -0.392 e. The van der Waals surface area contributed by atoms with Crippen molar-refractivity contribution in [2.24, 2.45) is 33.5 Å². The van der Waals surface area contributed by atoms with Crippen molar-refractivity contribution < 1.29 is 27.0 Å². The second-order valence-electron chi connectivity index (χ2n) is 14.0. The van der Waals surface area contributed by atoms with E-state index < -0.39 is 55.2 Å². The first-order valence-electron chi connectivity index (χ1n) is 13.9. The van der Waals surface area contributed by atoms with E-state index in [9.17, 15) is 27.0 Å². The maximum Gasteiger partial charge on any atom is 0.212 e. The number of hydrogen-bond acceptors (Lipinski definition) is 6. The van der Waals surface area contributed by atoms with E-state index >= 15 is 0 Å². The van der Waals surface area contributed by atoms with Crippen LogP contribution >= 0.6 is 0 Å². The zero-order chi connectivity index (χ0) is 26.4. The summed E-state index contributed by atoms with van der Waals surface area (Å²) < 4.78 is 59.6. The standard InChI is InChI=1S/C26H46N2O6S2/c1-23(2)17-9-11-25(23,21(29)13-17)15-35(31,32)27-19-7-5-6-8-20(19)28-36(33,34)16-26-12-10-18(14-22(26)30)24(26,3)4/h17-22,27-30H,5-16H2,1-4H3/t17-,18-,19+,20+,21-,22+,25-,26+/m0/s1. The van der Waals surface area contributed by atoms with E-state index in [1.165, 1.54) is 0 Å². The van der Waals surface area contributed by atoms with Crippen LogP contribution in [0.25, 0.3) is 0 Å². The maximum absolute atomic E-state index is 13.5. The molecule has 5 rings (SSSR count). The van der Waals surface area contributed by atoms with Crippen LogP contribution in [0.2, 0.25) is 0 Å². The molecule has 0 amide bonds. The Morgan fingerprint density at radius 2 is 1.03 bits per heavy atom. The molecule has 0 aromatic carbocycles. The molecule has 0 aliphatic heterocycles. The van der Waals surface area contributed by atoms with Crippen molar-refractivity contribution in [3.8, 4) is 0 Å². The summed E-state index contributed by atoms with van der Waals surface area (Å²) in [6.45, 7) is 8.33. The first-order valence-corrected chi connectivity index (χ1v) is 17.2. The van der Waals surface area contributed by atoms with Gasteiger partial charge in [0.25, 0.3) is 0 Å². The highest BCUT2D eigenvalue weighted by molar-refractivity contribution is 7.89. The molecule has 0 spiro atoms. The SMILES string of the molecule is CC1(C)[C@H]2CC[C@@]1(CS(=O)(=O)N[C@@H]1CCCC[C@H]1NS(=O)(=O)C[C@@]13CC[C@@H](C[C@@H]1O)C3(C)C)[C@H](O)C2. The third-order valence-corrected chi connectivity index (χ3v) is 15.2. The van der Waals surface area contributed by atoms with E-state index in [0.717, 1.165) is 25.7 Å². The van der Waals surface area contributed by atoms with Gasteiger partial charge in [0.1, 0.15) is 0 Å². The predicted octanol–water partition coefficient (Wildman–Crippen LogP) is 2.51. The van der Waals surface area contributed by atoms with Crippen molar-refractivity contribution in [2.75, 3.05) is 11.5 Å². The summed E-state index contributed by atoms with van der Waals surface area (Å²) in [5.74, 6) is 0.431. The third-order valence-electron chi connectivity index (χ3n) is 12.1. The quantitative estimate of drug-likeness (QED) is 0.370. The van der Waals surface area contributed by atoms with Gasteiger partial charge in [0.05, 0.1) is 23.7 Å². The Kier molecular flexibility index (Phi) is 6.54. The van der Waals surface area contributed by atoms with Gasteiger partial charge in [-0.3, -0.25) is 0 Å². The number of sulfonamides is 2. The fourth-order valence-corrected chi connectivity index (χ4v) is 13.8. The maximum atomic E-state index is 13.5. The Labute approximate surface area is 217 Å². The van der Waals surface area contributed by atoms with Crippen LogP contribution in [-0.4, -0.2) is 62.8 Å². The van der Waals surface area contributed by atoms with Crippen molar-refractivity contribution in [3.63, 3.8) is 0 Å². The van der Waals surface area contributed by atoms with Crippen molar-refractivity contribution in [1.29, 1.82) is 0 Å². The summed E-state index contributed by atoms with van der Waals surface area (Å²) in [5, 5.41) is 21.7. The van der Waals surface area contributed by atoms with Gasteiger partial charge in [-0.1, -0.05) is 40.5 Å². The third kappa shape index (κ3) is 4.03. The van der Waals surface area contributed by atoms with Gasteiger partial charge in [-0.2, -0.15) is 0 Å². The largest absolute Gasteiger partial charge is 0.392 e. The van der Waals surface area contributed by atoms with Gasteiger partial charge in [0, 0.05) is 22.9 Å². The number of rotatable bonds is 8. The summed E-state index contributed by atoms with van der Waals surface area (Å²) >= 11 is 0. The van der Waals surface area contributed by atoms with Gasteiger partial charge in [0.2, 0.25) is 20.0 Å². The highest BCUT2D eigenvalue weighted by Gasteiger charge is 2.66. The van der Waals surface area contributed by atoms with Crippen molar-refractivity contribution >= 4 is 20.0 Å². The average Bonchev–Trinajstić information content (AvgIpc) is 3.27. The molecule has 0 unspecified atom stereocenters. The van der Waals surface area contributed by atoms with Crippen molar-refractivity contribution in [2.45, 2.75) is 116 Å². The first kappa shape index (κ1) is 27.3. The fourth-order valence-electron chi connectivity index (χ4n) is 9.39. The molecular weight excluding hydrogens is 500 g/mol. The molecule has 0 radical (unpaired) electrons. The minimum absolute atomic E-state index is 0.120. The van der Waals surface area contributed by atoms with E-state index in [-0.39, 0.29) is 22.3 Å². The molecule has 5 aliphatic rings. The summed E-state index contributed by atoms with van der Waals surface area (Å²) in [4.78, 5) is 0. The van der Waals surface area contributed by atoms with Gasteiger partial charge in [0.15, 0.2) is 0 Å². The van der Waals surface area contributed by atoms with Crippen LogP contribution in [0.5, 0.6) is 0 Å². The van der Waals surface area contributed by atoms with Crippen molar-refractivity contribution in [1.82, 2.24) is 9.44 Å². The molecule has 208 valence electrons. The summed E-state index contributed by atoms with van der Waals surface area (Å²) in [6, 6.07) is -1.02. The van der Waals surface area contributed by atoms with Gasteiger partial charge >= 0.3 is 0 Å². The monoisotopic (exact) mass is 546 g/mol. The van der Waals surface area contributed by atoms with E-state index in [1.54, 1.807) is 0 Å². The zero-order valence-electron chi connectivity index (χ0n) is 22.3. The lowest BCUT2D eigenvalue weighted by Gasteiger charge is -2.42. The second kappa shape index (κ2) is 8.62. The van der Waals surface area contributed by atoms with Crippen LogP contribution in [0, 0.1) is 33.5 Å². The topological polar surface area (TPSA) is 133 Å². The van der Waals surface area contributed by atoms with Gasteiger partial charge in [-0.25, -0.2) is 26.3 Å². The van der Waals surface area contributed by atoms with E-state index in [4.69, 9.17) is 0 Å². The van der Waals surface area contributed by atoms with E-state index in [1.807, 2.05) is 0 Å². The Balaban J connectivity index is 1.30. The smallest absolute Gasteiger partial charge is 0.212 e. The second-order valence-corrected chi connectivity index (χ2v) is 17.5. The van der Waals surface area contributed by atoms with Crippen LogP contribution in [0.3, 0.4) is 0 Å². The number of hydrogen-bond donors (Lipinski definition) is 4. The van der Waals surface area contributed by atoms with Gasteiger partial charge < -0.3 is 10.2 Å². The summed E-state index contributed by atoms with van der Waals surface area (Å²) in [5.41, 5.74) is -1.81. The molecule has 36 heavy (non-hydrogen) atoms. The number of nitrogens with one attached hydrogen (secondary N) is 2. The number of aliphatic hydroxyl groups excluding tert-OH is 2. The van der Waals surface area contributed by atoms with Crippen LogP contribution < -0.4 is 9.44 Å². The molecule has 4 bridgehead atoms. The summed E-state index contributed by atoms with van der Waals surface area (Å²) in [6.07, 6.45) is 6.17. The van der Waals surface area contributed by atoms with E-state index in [2.05, 4.69) is 37.1 Å². The average molecular weight is 547 g/mol. The lowest BCUT2D eigenvalue weighted by Crippen LogP contribution is -2.57. The fraction of sp³-hybridized carbons (Fsp3) is 1.00. The normalized spacial score (nSPS) is 45.4. The first-order chi connectivity index (χ1) is 16.6. The zero-order valence-corrected chi connectivity index (χ0v) is 23.9. The minimum atomic E-state index is -3.75. The Morgan fingerprint density at radius 3 is 1.31 bits per heavy atom. The Bertz CT molecular complexity index is 1000. The molecule has 0 aromatic heterocycles. The molecule has 0 aromatic rings. The Morgan fingerprint density at radius 1 is 0.667 bits per heavy atom. The number of aliphatic hydroxyl groups is 2. The van der Waals surface area contributed by atoms with Crippen LogP contribution in [0.15, 0.2) is 0 Å². The highest BCUT2D eigenvalue weighted by Crippen LogP contribution is 2.67. The molecule has 0 heterocycles.